The summed E-state index contributed by atoms with van der Waals surface area (Å²) in [7, 11) is 0. The summed E-state index contributed by atoms with van der Waals surface area (Å²) >= 11 is 0. The van der Waals surface area contributed by atoms with Crippen LogP contribution < -0.4 is 16.4 Å². The van der Waals surface area contributed by atoms with E-state index in [1.54, 1.807) is 0 Å². The normalized spacial score (nSPS) is 11.3. The molecule has 1 aromatic rings. The zero-order chi connectivity index (χ0) is 14.0. The highest BCUT2D eigenvalue weighted by molar-refractivity contribution is 5.81. The molecule has 0 atom stereocenters. The van der Waals surface area contributed by atoms with Gasteiger partial charge in [-0.25, -0.2) is 4.68 Å². The van der Waals surface area contributed by atoms with Crippen LogP contribution in [-0.4, -0.2) is 28.3 Å². The van der Waals surface area contributed by atoms with E-state index < -0.39 is 0 Å². The van der Waals surface area contributed by atoms with Crippen LogP contribution >= 0.6 is 0 Å². The van der Waals surface area contributed by atoms with Gasteiger partial charge in [-0.1, -0.05) is 0 Å². The van der Waals surface area contributed by atoms with Gasteiger partial charge in [0, 0.05) is 12.1 Å². The summed E-state index contributed by atoms with van der Waals surface area (Å²) in [6, 6.07) is 0.290. The lowest BCUT2D eigenvalue weighted by Gasteiger charge is -2.29. The van der Waals surface area contributed by atoms with Crippen molar-refractivity contribution in [3.63, 3.8) is 0 Å². The highest BCUT2D eigenvalue weighted by Gasteiger charge is 2.23. The smallest absolute Gasteiger partial charge is 0.237 e. The first kappa shape index (κ1) is 14.3. The van der Waals surface area contributed by atoms with Crippen LogP contribution in [0.4, 0.5) is 11.5 Å². The van der Waals surface area contributed by atoms with Gasteiger partial charge in [0.25, 0.3) is 0 Å². The van der Waals surface area contributed by atoms with Crippen LogP contribution in [0.1, 0.15) is 39.4 Å². The number of hydrogen-bond acceptors (Lipinski definition) is 4. The summed E-state index contributed by atoms with van der Waals surface area (Å²) in [5.74, 6) is 0.397. The Morgan fingerprint density at radius 2 is 1.94 bits per heavy atom. The molecule has 1 heterocycles. The average Bonchev–Trinajstić information content (AvgIpc) is 2.52. The van der Waals surface area contributed by atoms with Gasteiger partial charge < -0.3 is 16.4 Å². The summed E-state index contributed by atoms with van der Waals surface area (Å²) < 4.78 is 1.84. The molecule has 0 saturated heterocycles. The van der Waals surface area contributed by atoms with Gasteiger partial charge in [0.1, 0.15) is 0 Å². The van der Waals surface area contributed by atoms with Gasteiger partial charge >= 0.3 is 0 Å². The van der Waals surface area contributed by atoms with Gasteiger partial charge in [-0.05, 0) is 34.6 Å². The molecule has 0 spiro atoms. The Hall–Kier alpha value is -1.72. The zero-order valence-corrected chi connectivity index (χ0v) is 11.8. The van der Waals surface area contributed by atoms with Crippen molar-refractivity contribution in [2.24, 2.45) is 5.73 Å². The van der Waals surface area contributed by atoms with Crippen LogP contribution in [0.5, 0.6) is 0 Å². The van der Waals surface area contributed by atoms with E-state index in [1.807, 2.05) is 44.2 Å². The van der Waals surface area contributed by atoms with Crippen LogP contribution in [0.15, 0.2) is 0 Å². The predicted octanol–water partition coefficient (Wildman–Crippen LogP) is 1.05. The molecule has 0 bridgehead atoms. The van der Waals surface area contributed by atoms with Crippen LogP contribution in [0.25, 0.3) is 0 Å². The van der Waals surface area contributed by atoms with Gasteiger partial charge in [-0.15, -0.1) is 0 Å². The molecule has 0 saturated carbocycles. The van der Waals surface area contributed by atoms with Gasteiger partial charge in [0.15, 0.2) is 5.82 Å². The Morgan fingerprint density at radius 3 is 2.33 bits per heavy atom. The third kappa shape index (κ3) is 2.75. The number of carbonyl (C=O) groups excluding carboxylic acids is 1. The number of nitrogen functional groups attached to an aromatic ring is 1. The van der Waals surface area contributed by atoms with Crippen molar-refractivity contribution in [2.75, 3.05) is 17.2 Å². The van der Waals surface area contributed by atoms with E-state index in [2.05, 4.69) is 5.10 Å². The molecule has 0 radical (unpaired) electrons. The van der Waals surface area contributed by atoms with Gasteiger partial charge in [0.05, 0.1) is 17.9 Å². The number of aryl methyl sites for hydroxylation is 1. The molecule has 0 aliphatic carbocycles. The van der Waals surface area contributed by atoms with Crippen molar-refractivity contribution in [3.05, 3.63) is 5.69 Å². The summed E-state index contributed by atoms with van der Waals surface area (Å²) in [5, 5.41) is 4.42. The second-order valence-electron chi connectivity index (χ2n) is 5.05. The minimum atomic E-state index is -0.378. The maximum absolute atomic E-state index is 11.2. The minimum Gasteiger partial charge on any atom is -0.394 e. The number of rotatable bonds is 5. The number of aromatic nitrogens is 2. The molecular weight excluding hydrogens is 230 g/mol. The fourth-order valence-corrected chi connectivity index (χ4v) is 1.86. The predicted molar refractivity (Wildman–Crippen MR) is 73.4 cm³/mol. The van der Waals surface area contributed by atoms with Gasteiger partial charge in [0.2, 0.25) is 5.91 Å². The number of nitrogens with zero attached hydrogens (tertiary/aromatic N) is 3. The molecule has 6 nitrogen and oxygen atoms in total. The molecule has 102 valence electrons. The van der Waals surface area contributed by atoms with Crippen molar-refractivity contribution in [1.82, 2.24) is 9.78 Å². The summed E-state index contributed by atoms with van der Waals surface area (Å²) in [4.78, 5) is 13.1. The Kier molecular flexibility index (Phi) is 4.21. The molecule has 6 heteroatoms. The van der Waals surface area contributed by atoms with E-state index in [1.165, 1.54) is 0 Å². The van der Waals surface area contributed by atoms with Gasteiger partial charge in [-0.2, -0.15) is 5.10 Å². The number of carbonyl (C=O) groups is 1. The largest absolute Gasteiger partial charge is 0.394 e. The average molecular weight is 253 g/mol. The van der Waals surface area contributed by atoms with Crippen molar-refractivity contribution in [3.8, 4) is 0 Å². The van der Waals surface area contributed by atoms with E-state index in [4.69, 9.17) is 11.5 Å². The maximum Gasteiger partial charge on any atom is 0.237 e. The highest BCUT2D eigenvalue weighted by atomic mass is 16.1. The minimum absolute atomic E-state index is 0.119. The van der Waals surface area contributed by atoms with E-state index in [0.717, 1.165) is 11.5 Å². The molecule has 0 fully saturated rings. The summed E-state index contributed by atoms with van der Waals surface area (Å²) in [6.07, 6.45) is 0. The molecule has 1 aromatic heterocycles. The van der Waals surface area contributed by atoms with E-state index >= 15 is 0 Å². The van der Waals surface area contributed by atoms with Crippen LogP contribution in [0.2, 0.25) is 0 Å². The Morgan fingerprint density at radius 1 is 1.39 bits per heavy atom. The first-order valence-corrected chi connectivity index (χ1v) is 6.15. The molecule has 0 aromatic carbocycles. The second kappa shape index (κ2) is 5.29. The first-order valence-electron chi connectivity index (χ1n) is 6.15. The standard InChI is InChI=1S/C12H23N5O/c1-7(2)16(6-10(13)18)12-11(14)9(5)15-17(12)8(3)4/h7-8H,6,14H2,1-5H3,(H2,13,18). The molecule has 1 rings (SSSR count). The molecule has 0 aliphatic heterocycles. The third-order valence-corrected chi connectivity index (χ3v) is 2.82. The Bertz CT molecular complexity index is 436. The van der Waals surface area contributed by atoms with E-state index in [9.17, 15) is 4.79 Å². The number of primary amides is 1. The second-order valence-corrected chi connectivity index (χ2v) is 5.05. The molecular formula is C12H23N5O. The van der Waals surface area contributed by atoms with E-state index in [0.29, 0.717) is 5.69 Å². The molecule has 0 unspecified atom stereocenters. The number of amides is 1. The monoisotopic (exact) mass is 253 g/mol. The van der Waals surface area contributed by atoms with Crippen molar-refractivity contribution in [1.29, 1.82) is 0 Å². The van der Waals surface area contributed by atoms with Crippen molar-refractivity contribution >= 4 is 17.4 Å². The fourth-order valence-electron chi connectivity index (χ4n) is 1.86. The highest BCUT2D eigenvalue weighted by Crippen LogP contribution is 2.30. The molecule has 1 amide bonds. The lowest BCUT2D eigenvalue weighted by atomic mass is 10.2. The quantitative estimate of drug-likeness (QED) is 0.820. The fraction of sp³-hybridized carbons (Fsp3) is 0.667. The Labute approximate surface area is 108 Å². The lowest BCUT2D eigenvalue weighted by Crippen LogP contribution is -2.40. The topological polar surface area (TPSA) is 90.2 Å². The summed E-state index contributed by atoms with van der Waals surface area (Å²) in [6.45, 7) is 10.0. The SMILES string of the molecule is Cc1nn(C(C)C)c(N(CC(N)=O)C(C)C)c1N. The molecule has 18 heavy (non-hydrogen) atoms. The van der Waals surface area contributed by atoms with E-state index in [-0.39, 0.29) is 24.5 Å². The maximum atomic E-state index is 11.2. The zero-order valence-electron chi connectivity index (χ0n) is 11.8. The van der Waals surface area contributed by atoms with Crippen molar-refractivity contribution in [2.45, 2.75) is 46.7 Å². The van der Waals surface area contributed by atoms with Crippen LogP contribution in [-0.2, 0) is 4.79 Å². The van der Waals surface area contributed by atoms with Gasteiger partial charge in [-0.3, -0.25) is 4.79 Å². The Balaban J connectivity index is 3.30. The van der Waals surface area contributed by atoms with Crippen molar-refractivity contribution < 1.29 is 4.79 Å². The van der Waals surface area contributed by atoms with Crippen LogP contribution in [0.3, 0.4) is 0 Å². The number of hydrogen-bond donors (Lipinski definition) is 2. The third-order valence-electron chi connectivity index (χ3n) is 2.82. The first-order chi connectivity index (χ1) is 8.25. The molecule has 0 aliphatic rings. The number of nitrogens with two attached hydrogens (primary N) is 2. The lowest BCUT2D eigenvalue weighted by molar-refractivity contribution is -0.116. The molecule has 4 N–H and O–H groups in total. The van der Waals surface area contributed by atoms with Crippen LogP contribution in [0, 0.1) is 6.92 Å². The number of anilines is 2. The summed E-state index contributed by atoms with van der Waals surface area (Å²) in [5.41, 5.74) is 12.8.